The average molecular weight is 426 g/mol. The summed E-state index contributed by atoms with van der Waals surface area (Å²) in [6.07, 6.45) is 4.28. The highest BCUT2D eigenvalue weighted by Gasteiger charge is 2.17. The molecule has 154 valence electrons. The van der Waals surface area contributed by atoms with Crippen molar-refractivity contribution in [1.82, 2.24) is 4.72 Å². The highest BCUT2D eigenvalue weighted by atomic mass is 32.2. The van der Waals surface area contributed by atoms with Gasteiger partial charge in [0.1, 0.15) is 0 Å². The van der Waals surface area contributed by atoms with Crippen LogP contribution in [0.1, 0.15) is 23.1 Å². The Morgan fingerprint density at radius 1 is 0.871 bits per heavy atom. The molecule has 0 aromatic heterocycles. The quantitative estimate of drug-likeness (QED) is 0.577. The van der Waals surface area contributed by atoms with Gasteiger partial charge < -0.3 is 0 Å². The summed E-state index contributed by atoms with van der Waals surface area (Å²) < 4.78 is 28.3. The Labute approximate surface area is 184 Å². The molecule has 0 saturated carbocycles. The number of aryl methyl sites for hydroxylation is 1. The maximum Gasteiger partial charge on any atom is 0.241 e. The third kappa shape index (κ3) is 7.32. The van der Waals surface area contributed by atoms with Gasteiger partial charge in [-0.25, -0.2) is 8.42 Å². The minimum atomic E-state index is -3.70. The first-order valence-electron chi connectivity index (χ1n) is 9.90. The lowest BCUT2D eigenvalue weighted by Crippen LogP contribution is -2.33. The molecule has 0 aliphatic carbocycles. The van der Waals surface area contributed by atoms with Gasteiger partial charge in [0, 0.05) is 5.56 Å². The Kier molecular flexibility index (Phi) is 7.85. The molecule has 3 aromatic carbocycles. The van der Waals surface area contributed by atoms with Crippen molar-refractivity contribution in [1.29, 1.82) is 0 Å². The molecule has 0 saturated heterocycles. The van der Waals surface area contributed by atoms with Crippen molar-refractivity contribution in [3.8, 4) is 23.7 Å². The van der Waals surface area contributed by atoms with Crippen LogP contribution < -0.4 is 4.72 Å². The lowest BCUT2D eigenvalue weighted by molar-refractivity contribution is 0.573. The SMILES string of the molecule is Cc1ccc(S(=O)(=O)N[C@H](C#CC#Cc2ccccc2)C/C=C/c2ccccc2)cc1. The summed E-state index contributed by atoms with van der Waals surface area (Å²) in [5, 5.41) is 0. The topological polar surface area (TPSA) is 46.2 Å². The van der Waals surface area contributed by atoms with Crippen LogP contribution >= 0.6 is 0 Å². The molecule has 3 rings (SSSR count). The van der Waals surface area contributed by atoms with Crippen LogP contribution in [0.15, 0.2) is 95.9 Å². The Balaban J connectivity index is 1.78. The first kappa shape index (κ1) is 22.1. The third-order valence-corrected chi connectivity index (χ3v) is 5.89. The van der Waals surface area contributed by atoms with Crippen LogP contribution in [0.2, 0.25) is 0 Å². The molecule has 0 fully saturated rings. The Morgan fingerprint density at radius 2 is 1.52 bits per heavy atom. The first-order chi connectivity index (χ1) is 15.0. The van der Waals surface area contributed by atoms with Crippen molar-refractivity contribution in [2.45, 2.75) is 24.3 Å². The van der Waals surface area contributed by atoms with E-state index in [1.807, 2.05) is 79.7 Å². The molecule has 4 heteroatoms. The lowest BCUT2D eigenvalue weighted by atomic mass is 10.1. The molecule has 3 aromatic rings. The normalized spacial score (nSPS) is 11.8. The van der Waals surface area contributed by atoms with E-state index in [2.05, 4.69) is 28.4 Å². The summed E-state index contributed by atoms with van der Waals surface area (Å²) >= 11 is 0. The zero-order valence-electron chi connectivity index (χ0n) is 17.2. The summed E-state index contributed by atoms with van der Waals surface area (Å²) in [4.78, 5) is 0.215. The molecule has 0 amide bonds. The van der Waals surface area contributed by atoms with E-state index in [4.69, 9.17) is 0 Å². The van der Waals surface area contributed by atoms with Gasteiger partial charge in [0.25, 0.3) is 0 Å². The van der Waals surface area contributed by atoms with Gasteiger partial charge in [-0.15, -0.1) is 0 Å². The Bertz CT molecular complexity index is 1240. The zero-order valence-corrected chi connectivity index (χ0v) is 18.1. The van der Waals surface area contributed by atoms with Gasteiger partial charge in [0.2, 0.25) is 10.0 Å². The van der Waals surface area contributed by atoms with Gasteiger partial charge in [-0.2, -0.15) is 4.72 Å². The molecule has 0 spiro atoms. The number of rotatable bonds is 6. The largest absolute Gasteiger partial charge is 0.241 e. The molecule has 31 heavy (non-hydrogen) atoms. The summed E-state index contributed by atoms with van der Waals surface area (Å²) in [6.45, 7) is 1.91. The van der Waals surface area contributed by atoms with E-state index in [9.17, 15) is 8.42 Å². The minimum Gasteiger partial charge on any atom is -0.207 e. The molecular formula is C27H23NO2S. The van der Waals surface area contributed by atoms with Crippen LogP contribution in [0.3, 0.4) is 0 Å². The standard InChI is InChI=1S/C27H23NO2S/c1-23-19-21-27(22-20-23)31(29,30)28-26(18-10-16-25-13-6-3-7-14-25)17-9-8-15-24-11-4-2-5-12-24/h2-7,10-14,16,19-22,26,28H,18H2,1H3/b16-10+/t26-/m1/s1. The van der Waals surface area contributed by atoms with Crippen LogP contribution in [0, 0.1) is 30.6 Å². The molecule has 1 atom stereocenters. The van der Waals surface area contributed by atoms with E-state index in [1.165, 1.54) is 0 Å². The number of hydrogen-bond acceptors (Lipinski definition) is 2. The fourth-order valence-electron chi connectivity index (χ4n) is 2.76. The highest BCUT2D eigenvalue weighted by molar-refractivity contribution is 7.89. The molecule has 0 aliphatic rings. The third-order valence-electron chi connectivity index (χ3n) is 4.40. The molecular weight excluding hydrogens is 402 g/mol. The van der Waals surface area contributed by atoms with Crippen LogP contribution in [0.5, 0.6) is 0 Å². The van der Waals surface area contributed by atoms with E-state index >= 15 is 0 Å². The number of benzene rings is 3. The maximum atomic E-state index is 12.8. The second-order valence-electron chi connectivity index (χ2n) is 6.92. The van der Waals surface area contributed by atoms with Crippen molar-refractivity contribution < 1.29 is 8.42 Å². The van der Waals surface area contributed by atoms with E-state index in [0.29, 0.717) is 6.42 Å². The predicted octanol–water partition coefficient (Wildman–Crippen LogP) is 4.80. The van der Waals surface area contributed by atoms with Gasteiger partial charge >= 0.3 is 0 Å². The smallest absolute Gasteiger partial charge is 0.207 e. The fourth-order valence-corrected chi connectivity index (χ4v) is 3.92. The average Bonchev–Trinajstić information content (AvgIpc) is 2.78. The van der Waals surface area contributed by atoms with Gasteiger partial charge in [0.05, 0.1) is 10.9 Å². The summed E-state index contributed by atoms with van der Waals surface area (Å²) in [6, 6.07) is 25.5. The van der Waals surface area contributed by atoms with Gasteiger partial charge in [-0.05, 0) is 55.0 Å². The molecule has 0 radical (unpaired) electrons. The van der Waals surface area contributed by atoms with Crippen molar-refractivity contribution in [3.63, 3.8) is 0 Å². The highest BCUT2D eigenvalue weighted by Crippen LogP contribution is 2.12. The summed E-state index contributed by atoms with van der Waals surface area (Å²) in [5.41, 5.74) is 2.90. The van der Waals surface area contributed by atoms with Crippen molar-refractivity contribution >= 4 is 16.1 Å². The van der Waals surface area contributed by atoms with E-state index in [0.717, 1.165) is 16.7 Å². The van der Waals surface area contributed by atoms with Crippen LogP contribution in [-0.4, -0.2) is 14.5 Å². The van der Waals surface area contributed by atoms with Crippen molar-refractivity contribution in [2.24, 2.45) is 0 Å². The van der Waals surface area contributed by atoms with Gasteiger partial charge in [-0.1, -0.05) is 90.2 Å². The monoisotopic (exact) mass is 425 g/mol. The fraction of sp³-hybridized carbons (Fsp3) is 0.111. The van der Waals surface area contributed by atoms with Gasteiger partial charge in [0.15, 0.2) is 0 Å². The Hall–Kier alpha value is -3.57. The maximum absolute atomic E-state index is 12.8. The second kappa shape index (κ2) is 11.0. The second-order valence-corrected chi connectivity index (χ2v) is 8.64. The lowest BCUT2D eigenvalue weighted by Gasteiger charge is -2.12. The molecule has 0 heterocycles. The molecule has 3 nitrogen and oxygen atoms in total. The first-order valence-corrected chi connectivity index (χ1v) is 11.4. The molecule has 1 N–H and O–H groups in total. The number of hydrogen-bond donors (Lipinski definition) is 1. The summed E-state index contributed by atoms with van der Waals surface area (Å²) in [7, 11) is -3.70. The van der Waals surface area contributed by atoms with Crippen LogP contribution in [0.4, 0.5) is 0 Å². The minimum absolute atomic E-state index is 0.215. The van der Waals surface area contributed by atoms with E-state index < -0.39 is 16.1 Å². The molecule has 0 unspecified atom stereocenters. The van der Waals surface area contributed by atoms with Crippen molar-refractivity contribution in [2.75, 3.05) is 0 Å². The van der Waals surface area contributed by atoms with Crippen molar-refractivity contribution in [3.05, 3.63) is 108 Å². The van der Waals surface area contributed by atoms with Crippen LogP contribution in [-0.2, 0) is 10.0 Å². The van der Waals surface area contributed by atoms with E-state index in [1.54, 1.807) is 24.3 Å². The Morgan fingerprint density at radius 3 is 2.19 bits per heavy atom. The van der Waals surface area contributed by atoms with Crippen LogP contribution in [0.25, 0.3) is 6.08 Å². The molecule has 0 aliphatic heterocycles. The molecule has 0 bridgehead atoms. The zero-order chi connectivity index (χ0) is 21.9. The van der Waals surface area contributed by atoms with E-state index in [-0.39, 0.29) is 4.90 Å². The number of sulfonamides is 1. The summed E-state index contributed by atoms with van der Waals surface area (Å²) in [5.74, 6) is 11.5. The number of nitrogens with one attached hydrogen (secondary N) is 1. The van der Waals surface area contributed by atoms with Gasteiger partial charge in [-0.3, -0.25) is 0 Å². The predicted molar refractivity (Wildman–Crippen MR) is 126 cm³/mol.